The van der Waals surface area contributed by atoms with E-state index in [0.717, 1.165) is 32.2 Å². The molecule has 1 heterocycles. The van der Waals surface area contributed by atoms with Crippen molar-refractivity contribution in [1.29, 1.82) is 0 Å². The van der Waals surface area contributed by atoms with Gasteiger partial charge in [0.25, 0.3) is 0 Å². The first-order valence-electron chi connectivity index (χ1n) is 5.18. The lowest BCUT2D eigenvalue weighted by molar-refractivity contribution is -0.120. The minimum Gasteiger partial charge on any atom is -0.338 e. The highest BCUT2D eigenvalue weighted by atomic mass is 16.2. The molecule has 1 aliphatic heterocycles. The van der Waals surface area contributed by atoms with Crippen LogP contribution in [0.4, 0.5) is 4.79 Å². The van der Waals surface area contributed by atoms with Gasteiger partial charge in [0.15, 0.2) is 0 Å². The van der Waals surface area contributed by atoms with Crippen LogP contribution >= 0.6 is 0 Å². The van der Waals surface area contributed by atoms with Crippen molar-refractivity contribution < 1.29 is 9.59 Å². The Morgan fingerprint density at radius 3 is 2.86 bits per heavy atom. The molecule has 78 valence electrons. The Labute approximate surface area is 83.4 Å². The summed E-state index contributed by atoms with van der Waals surface area (Å²) in [5.41, 5.74) is -0.0847. The topological polar surface area (TPSA) is 58.2 Å². The van der Waals surface area contributed by atoms with Crippen molar-refractivity contribution in [2.24, 2.45) is 5.92 Å². The quantitative estimate of drug-likeness (QED) is 0.652. The van der Waals surface area contributed by atoms with E-state index in [1.54, 1.807) is 6.92 Å². The van der Waals surface area contributed by atoms with Crippen molar-refractivity contribution >= 4 is 11.8 Å². The second kappa shape index (κ2) is 3.26. The van der Waals surface area contributed by atoms with E-state index in [2.05, 4.69) is 10.6 Å². The average Bonchev–Trinajstić information content (AvgIpc) is 2.49. The summed E-state index contributed by atoms with van der Waals surface area (Å²) >= 11 is 0. The van der Waals surface area contributed by atoms with Crippen molar-refractivity contribution in [2.45, 2.75) is 38.1 Å². The van der Waals surface area contributed by atoms with Gasteiger partial charge in [0, 0.05) is 18.0 Å². The van der Waals surface area contributed by atoms with E-state index in [1.165, 1.54) is 0 Å². The standard InChI is InChI=1S/C10H16N2O2/c1-7(13)8-2-3-10(6-8)4-5-11-9(14)12-10/h8H,2-6H2,1H3,(H2,11,12,14)/t8-,10?/m1/s1. The molecular formula is C10H16N2O2. The number of nitrogens with one attached hydrogen (secondary N) is 2. The van der Waals surface area contributed by atoms with Crippen LogP contribution in [0.15, 0.2) is 0 Å². The van der Waals surface area contributed by atoms with Gasteiger partial charge in [0.2, 0.25) is 0 Å². The number of carbonyl (C=O) groups is 2. The maximum atomic E-state index is 11.2. The highest BCUT2D eigenvalue weighted by molar-refractivity contribution is 5.80. The van der Waals surface area contributed by atoms with Gasteiger partial charge in [-0.25, -0.2) is 4.79 Å². The van der Waals surface area contributed by atoms with Crippen molar-refractivity contribution in [2.75, 3.05) is 6.54 Å². The van der Waals surface area contributed by atoms with Crippen LogP contribution in [-0.2, 0) is 4.79 Å². The number of ketones is 1. The molecule has 2 aliphatic rings. The van der Waals surface area contributed by atoms with Crippen LogP contribution in [0, 0.1) is 5.92 Å². The number of hydrogen-bond donors (Lipinski definition) is 2. The molecule has 1 aliphatic carbocycles. The summed E-state index contributed by atoms with van der Waals surface area (Å²) in [5, 5.41) is 5.72. The molecule has 4 heteroatoms. The number of hydrogen-bond acceptors (Lipinski definition) is 2. The fraction of sp³-hybridized carbons (Fsp3) is 0.800. The fourth-order valence-corrected chi connectivity index (χ4v) is 2.58. The summed E-state index contributed by atoms with van der Waals surface area (Å²) in [7, 11) is 0. The molecule has 2 amide bonds. The van der Waals surface area contributed by atoms with E-state index in [9.17, 15) is 9.59 Å². The minimum atomic E-state index is -0.0847. The zero-order valence-corrected chi connectivity index (χ0v) is 8.43. The molecule has 2 rings (SSSR count). The molecule has 1 spiro atoms. The first kappa shape index (κ1) is 9.49. The van der Waals surface area contributed by atoms with E-state index < -0.39 is 0 Å². The Morgan fingerprint density at radius 1 is 1.50 bits per heavy atom. The number of Topliss-reactive ketones (excluding diaryl/α,β-unsaturated/α-hetero) is 1. The molecular weight excluding hydrogens is 180 g/mol. The van der Waals surface area contributed by atoms with Crippen molar-refractivity contribution in [3.05, 3.63) is 0 Å². The van der Waals surface area contributed by atoms with Crippen LogP contribution in [0.25, 0.3) is 0 Å². The largest absolute Gasteiger partial charge is 0.338 e. The zero-order chi connectivity index (χ0) is 10.2. The summed E-state index contributed by atoms with van der Waals surface area (Å²) in [5.74, 6) is 0.419. The van der Waals surface area contributed by atoms with Gasteiger partial charge in [0.1, 0.15) is 5.78 Å². The Hall–Kier alpha value is -1.06. The highest BCUT2D eigenvalue weighted by Crippen LogP contribution is 2.38. The number of carbonyl (C=O) groups excluding carboxylic acids is 2. The van der Waals surface area contributed by atoms with E-state index in [0.29, 0.717) is 0 Å². The fourth-order valence-electron chi connectivity index (χ4n) is 2.58. The Kier molecular flexibility index (Phi) is 2.21. The highest BCUT2D eigenvalue weighted by Gasteiger charge is 2.43. The van der Waals surface area contributed by atoms with Gasteiger partial charge in [-0.3, -0.25) is 4.79 Å². The van der Waals surface area contributed by atoms with E-state index in [-0.39, 0.29) is 23.3 Å². The molecule has 1 saturated carbocycles. The van der Waals surface area contributed by atoms with E-state index in [1.807, 2.05) is 0 Å². The SMILES string of the molecule is CC(=O)[C@@H]1CCC2(CCNC(=O)N2)C1. The normalized spacial score (nSPS) is 36.6. The molecule has 2 atom stereocenters. The summed E-state index contributed by atoms with van der Waals surface area (Å²) in [4.78, 5) is 22.4. The van der Waals surface area contributed by atoms with Gasteiger partial charge < -0.3 is 10.6 Å². The lowest BCUT2D eigenvalue weighted by Gasteiger charge is -2.34. The lowest BCUT2D eigenvalue weighted by Crippen LogP contribution is -2.57. The van der Waals surface area contributed by atoms with Crippen LogP contribution in [0.5, 0.6) is 0 Å². The van der Waals surface area contributed by atoms with Gasteiger partial charge in [-0.05, 0) is 32.6 Å². The van der Waals surface area contributed by atoms with E-state index in [4.69, 9.17) is 0 Å². The summed E-state index contributed by atoms with van der Waals surface area (Å²) < 4.78 is 0. The molecule has 0 bridgehead atoms. The molecule has 4 nitrogen and oxygen atoms in total. The molecule has 0 aromatic rings. The second-order valence-corrected chi connectivity index (χ2v) is 4.46. The lowest BCUT2D eigenvalue weighted by atomic mass is 9.90. The van der Waals surface area contributed by atoms with E-state index >= 15 is 0 Å². The molecule has 14 heavy (non-hydrogen) atoms. The van der Waals surface area contributed by atoms with Crippen molar-refractivity contribution in [1.82, 2.24) is 10.6 Å². The molecule has 1 unspecified atom stereocenters. The first-order valence-corrected chi connectivity index (χ1v) is 5.18. The Balaban J connectivity index is 2.04. The number of urea groups is 1. The van der Waals surface area contributed by atoms with Crippen molar-refractivity contribution in [3.8, 4) is 0 Å². The van der Waals surface area contributed by atoms with Gasteiger partial charge >= 0.3 is 6.03 Å². The third-order valence-electron chi connectivity index (χ3n) is 3.45. The van der Waals surface area contributed by atoms with Gasteiger partial charge in [-0.2, -0.15) is 0 Å². The van der Waals surface area contributed by atoms with Crippen LogP contribution in [-0.4, -0.2) is 23.9 Å². The predicted molar refractivity (Wildman–Crippen MR) is 51.9 cm³/mol. The van der Waals surface area contributed by atoms with Gasteiger partial charge in [-0.1, -0.05) is 0 Å². The third-order valence-corrected chi connectivity index (χ3v) is 3.45. The average molecular weight is 196 g/mol. The summed E-state index contributed by atoms with van der Waals surface area (Å²) in [6, 6.07) is -0.0829. The number of rotatable bonds is 1. The molecule has 0 radical (unpaired) electrons. The monoisotopic (exact) mass is 196 g/mol. The second-order valence-electron chi connectivity index (χ2n) is 4.46. The van der Waals surface area contributed by atoms with Crippen LogP contribution in [0.2, 0.25) is 0 Å². The summed E-state index contributed by atoms with van der Waals surface area (Å²) in [6.07, 6.45) is 3.65. The maximum Gasteiger partial charge on any atom is 0.315 e. The zero-order valence-electron chi connectivity index (χ0n) is 8.43. The minimum absolute atomic E-state index is 0.0829. The molecule has 0 aromatic carbocycles. The Bertz CT molecular complexity index is 277. The maximum absolute atomic E-state index is 11.2. The van der Waals surface area contributed by atoms with Crippen LogP contribution in [0.3, 0.4) is 0 Å². The molecule has 0 aromatic heterocycles. The van der Waals surface area contributed by atoms with Crippen LogP contribution in [0.1, 0.15) is 32.6 Å². The van der Waals surface area contributed by atoms with Crippen LogP contribution < -0.4 is 10.6 Å². The smallest absolute Gasteiger partial charge is 0.315 e. The Morgan fingerprint density at radius 2 is 2.29 bits per heavy atom. The first-order chi connectivity index (χ1) is 6.61. The van der Waals surface area contributed by atoms with Gasteiger partial charge in [-0.15, -0.1) is 0 Å². The number of amides is 2. The molecule has 2 fully saturated rings. The molecule has 1 saturated heterocycles. The van der Waals surface area contributed by atoms with Gasteiger partial charge in [0.05, 0.1) is 0 Å². The summed E-state index contributed by atoms with van der Waals surface area (Å²) in [6.45, 7) is 2.38. The molecule has 2 N–H and O–H groups in total. The van der Waals surface area contributed by atoms with Crippen molar-refractivity contribution in [3.63, 3.8) is 0 Å². The third kappa shape index (κ3) is 1.61. The predicted octanol–water partition coefficient (Wildman–Crippen LogP) is 0.817.